The molecule has 6 nitrogen and oxygen atoms in total. The summed E-state index contributed by atoms with van der Waals surface area (Å²) in [4.78, 5) is 16.9. The number of hydrogen-bond donors (Lipinski definition) is 1. The molecule has 0 aliphatic heterocycles. The van der Waals surface area contributed by atoms with Gasteiger partial charge >= 0.3 is 0 Å². The number of amides is 1. The molecule has 6 heteroatoms. The zero-order valence-electron chi connectivity index (χ0n) is 15.9. The summed E-state index contributed by atoms with van der Waals surface area (Å²) < 4.78 is 6.98. The Hall–Kier alpha value is -3.67. The molecule has 0 saturated heterocycles. The van der Waals surface area contributed by atoms with Gasteiger partial charge in [0.2, 0.25) is 0 Å². The number of ether oxygens (including phenoxy) is 1. The Bertz CT molecular complexity index is 1160. The van der Waals surface area contributed by atoms with Gasteiger partial charge in [-0.25, -0.2) is 0 Å². The average molecular weight is 372 g/mol. The van der Waals surface area contributed by atoms with Crippen LogP contribution in [0.2, 0.25) is 0 Å². The van der Waals surface area contributed by atoms with Crippen LogP contribution in [0.15, 0.2) is 60.9 Å². The minimum Gasteiger partial charge on any atom is -0.497 e. The first-order valence-electron chi connectivity index (χ1n) is 8.90. The molecule has 0 spiro atoms. The molecule has 4 rings (SSSR count). The van der Waals surface area contributed by atoms with E-state index in [-0.39, 0.29) is 5.91 Å². The van der Waals surface area contributed by atoms with Crippen molar-refractivity contribution in [1.29, 1.82) is 0 Å². The molecule has 4 aromatic rings. The molecule has 0 aliphatic carbocycles. The number of pyridine rings is 1. The normalized spacial score (nSPS) is 10.8. The molecule has 2 aromatic heterocycles. The van der Waals surface area contributed by atoms with E-state index in [2.05, 4.69) is 15.4 Å². The molecule has 1 N–H and O–H groups in total. The predicted octanol–water partition coefficient (Wildman–Crippen LogP) is 4.20. The number of benzene rings is 2. The van der Waals surface area contributed by atoms with Crippen molar-refractivity contribution in [2.75, 3.05) is 12.4 Å². The van der Waals surface area contributed by atoms with E-state index in [1.54, 1.807) is 13.3 Å². The molecule has 0 atom stereocenters. The van der Waals surface area contributed by atoms with Crippen LogP contribution in [0, 0.1) is 6.92 Å². The van der Waals surface area contributed by atoms with E-state index in [9.17, 15) is 4.79 Å². The second-order valence-electron chi connectivity index (χ2n) is 6.58. The average Bonchev–Trinajstić information content (AvgIpc) is 3.05. The van der Waals surface area contributed by atoms with Crippen molar-refractivity contribution in [2.45, 2.75) is 6.92 Å². The van der Waals surface area contributed by atoms with Crippen LogP contribution in [-0.2, 0) is 7.05 Å². The van der Waals surface area contributed by atoms with E-state index < -0.39 is 0 Å². The Morgan fingerprint density at radius 3 is 2.61 bits per heavy atom. The van der Waals surface area contributed by atoms with Crippen molar-refractivity contribution in [1.82, 2.24) is 14.8 Å². The molecular weight excluding hydrogens is 352 g/mol. The van der Waals surface area contributed by atoms with Crippen LogP contribution in [0.25, 0.3) is 22.2 Å². The Morgan fingerprint density at radius 2 is 1.89 bits per heavy atom. The Morgan fingerprint density at radius 1 is 1.11 bits per heavy atom. The maximum absolute atomic E-state index is 12.8. The number of anilines is 1. The number of methoxy groups -OCH3 is 1. The van der Waals surface area contributed by atoms with Crippen LogP contribution in [0.1, 0.15) is 15.9 Å². The molecule has 0 fully saturated rings. The summed E-state index contributed by atoms with van der Waals surface area (Å²) in [6.07, 6.45) is 3.57. The minimum atomic E-state index is -0.173. The van der Waals surface area contributed by atoms with Gasteiger partial charge in [-0.3, -0.25) is 14.5 Å². The van der Waals surface area contributed by atoms with Crippen molar-refractivity contribution in [3.05, 3.63) is 72.1 Å². The monoisotopic (exact) mass is 372 g/mol. The Balaban J connectivity index is 1.71. The summed E-state index contributed by atoms with van der Waals surface area (Å²) in [6, 6.07) is 14.8. The van der Waals surface area contributed by atoms with Gasteiger partial charge in [-0.1, -0.05) is 0 Å². The quantitative estimate of drug-likeness (QED) is 0.583. The number of fused-ring (bicyclic) bond motifs is 1. The molecule has 0 bridgehead atoms. The second kappa shape index (κ2) is 7.15. The van der Waals surface area contributed by atoms with E-state index in [0.29, 0.717) is 11.3 Å². The fourth-order valence-electron chi connectivity index (χ4n) is 3.22. The van der Waals surface area contributed by atoms with Crippen molar-refractivity contribution in [3.8, 4) is 17.0 Å². The number of hydrogen-bond acceptors (Lipinski definition) is 4. The summed E-state index contributed by atoms with van der Waals surface area (Å²) in [7, 11) is 3.51. The minimum absolute atomic E-state index is 0.173. The summed E-state index contributed by atoms with van der Waals surface area (Å²) in [6.45, 7) is 2.00. The maximum Gasteiger partial charge on any atom is 0.255 e. The number of carbonyl (C=O) groups excluding carboxylic acids is 1. The summed E-state index contributed by atoms with van der Waals surface area (Å²) in [5, 5.41) is 8.52. The first-order chi connectivity index (χ1) is 13.6. The zero-order valence-corrected chi connectivity index (χ0v) is 15.9. The highest BCUT2D eigenvalue weighted by Crippen LogP contribution is 2.30. The Labute approximate surface area is 162 Å². The topological polar surface area (TPSA) is 69.0 Å². The van der Waals surface area contributed by atoms with Crippen molar-refractivity contribution >= 4 is 22.5 Å². The summed E-state index contributed by atoms with van der Waals surface area (Å²) in [5.74, 6) is 0.570. The number of carbonyl (C=O) groups is 1. The first-order valence-corrected chi connectivity index (χ1v) is 8.90. The van der Waals surface area contributed by atoms with Crippen molar-refractivity contribution in [2.24, 2.45) is 7.05 Å². The smallest absolute Gasteiger partial charge is 0.255 e. The Kier molecular flexibility index (Phi) is 4.53. The molecule has 1 amide bonds. The SMILES string of the molecule is COc1ccc(NC(=O)c2ccc3c(c2)c(-c2ccncc2C)nn3C)cc1. The highest BCUT2D eigenvalue weighted by Gasteiger charge is 2.15. The fraction of sp³-hybridized carbons (Fsp3) is 0.136. The summed E-state index contributed by atoms with van der Waals surface area (Å²) >= 11 is 0. The number of aryl methyl sites for hydroxylation is 2. The third kappa shape index (κ3) is 3.20. The van der Waals surface area contributed by atoms with E-state index >= 15 is 0 Å². The van der Waals surface area contributed by atoms with Gasteiger partial charge in [0.15, 0.2) is 0 Å². The largest absolute Gasteiger partial charge is 0.497 e. The number of rotatable bonds is 4. The lowest BCUT2D eigenvalue weighted by molar-refractivity contribution is 0.102. The van der Waals surface area contributed by atoms with Gasteiger partial charge in [0.05, 0.1) is 12.6 Å². The second-order valence-corrected chi connectivity index (χ2v) is 6.58. The highest BCUT2D eigenvalue weighted by molar-refractivity contribution is 6.07. The molecule has 0 saturated carbocycles. The molecule has 140 valence electrons. The molecule has 2 heterocycles. The van der Waals surface area contributed by atoms with Gasteiger partial charge in [-0.15, -0.1) is 0 Å². The molecule has 0 aliphatic rings. The lowest BCUT2D eigenvalue weighted by Crippen LogP contribution is -2.11. The fourth-order valence-corrected chi connectivity index (χ4v) is 3.22. The van der Waals surface area contributed by atoms with Crippen LogP contribution in [0.5, 0.6) is 5.75 Å². The standard InChI is InChI=1S/C22H20N4O2/c1-14-13-23-11-10-18(14)21-19-12-15(4-9-20(19)26(2)25-21)22(27)24-16-5-7-17(28-3)8-6-16/h4-13H,1-3H3,(H,24,27). The van der Waals surface area contributed by atoms with Crippen molar-refractivity contribution < 1.29 is 9.53 Å². The number of nitrogens with zero attached hydrogens (tertiary/aromatic N) is 3. The lowest BCUT2D eigenvalue weighted by atomic mass is 10.0. The first kappa shape index (κ1) is 17.7. The van der Waals surface area contributed by atoms with Crippen LogP contribution >= 0.6 is 0 Å². The third-order valence-corrected chi connectivity index (χ3v) is 4.74. The van der Waals surface area contributed by atoms with Crippen LogP contribution in [-0.4, -0.2) is 27.8 Å². The van der Waals surface area contributed by atoms with E-state index in [1.165, 1.54) is 0 Å². The highest BCUT2D eigenvalue weighted by atomic mass is 16.5. The van der Waals surface area contributed by atoms with E-state index in [0.717, 1.165) is 33.5 Å². The molecular formula is C22H20N4O2. The van der Waals surface area contributed by atoms with E-state index in [1.807, 2.05) is 73.4 Å². The van der Waals surface area contributed by atoms with Crippen molar-refractivity contribution in [3.63, 3.8) is 0 Å². The lowest BCUT2D eigenvalue weighted by Gasteiger charge is -2.07. The van der Waals surface area contributed by atoms with Gasteiger partial charge in [0.1, 0.15) is 11.4 Å². The molecule has 28 heavy (non-hydrogen) atoms. The van der Waals surface area contributed by atoms with E-state index in [4.69, 9.17) is 4.74 Å². The zero-order chi connectivity index (χ0) is 19.7. The maximum atomic E-state index is 12.8. The van der Waals surface area contributed by atoms with Crippen LogP contribution < -0.4 is 10.1 Å². The number of nitrogens with one attached hydrogen (secondary N) is 1. The van der Waals surface area contributed by atoms with Gasteiger partial charge in [0, 0.05) is 41.6 Å². The predicted molar refractivity (Wildman–Crippen MR) is 110 cm³/mol. The molecule has 0 radical (unpaired) electrons. The van der Waals surface area contributed by atoms with Gasteiger partial charge in [-0.05, 0) is 61.0 Å². The summed E-state index contributed by atoms with van der Waals surface area (Å²) in [5.41, 5.74) is 5.14. The van der Waals surface area contributed by atoms with Crippen LogP contribution in [0.3, 0.4) is 0 Å². The van der Waals surface area contributed by atoms with Crippen LogP contribution in [0.4, 0.5) is 5.69 Å². The van der Waals surface area contributed by atoms with Gasteiger partial charge < -0.3 is 10.1 Å². The third-order valence-electron chi connectivity index (χ3n) is 4.74. The van der Waals surface area contributed by atoms with Gasteiger partial charge in [0.25, 0.3) is 5.91 Å². The molecule has 2 aromatic carbocycles. The van der Waals surface area contributed by atoms with Gasteiger partial charge in [-0.2, -0.15) is 5.10 Å². The number of aromatic nitrogens is 3. The molecule has 0 unspecified atom stereocenters.